The van der Waals surface area contributed by atoms with Crippen molar-refractivity contribution in [2.75, 3.05) is 26.0 Å². The zero-order valence-corrected chi connectivity index (χ0v) is 21.3. The molecule has 0 spiro atoms. The summed E-state index contributed by atoms with van der Waals surface area (Å²) in [7, 11) is 6.10. The quantitative estimate of drug-likeness (QED) is 0.266. The number of benzene rings is 2. The molecule has 2 aromatic rings. The lowest BCUT2D eigenvalue weighted by Crippen LogP contribution is -2.54. The topological polar surface area (TPSA) is 69.8 Å². The maximum absolute atomic E-state index is 12.2. The minimum Gasteiger partial charge on any atom is -0.390 e. The van der Waals surface area contributed by atoms with Gasteiger partial charge in [-0.1, -0.05) is 51.7 Å². The molecule has 0 saturated carbocycles. The first kappa shape index (κ1) is 25.5. The Morgan fingerprint density at radius 2 is 1.79 bits per heavy atom. The van der Waals surface area contributed by atoms with Crippen molar-refractivity contribution in [2.24, 2.45) is 0 Å². The number of nitrogens with zero attached hydrogens (tertiary/aromatic N) is 3. The van der Waals surface area contributed by atoms with Gasteiger partial charge in [-0.2, -0.15) is 0 Å². The third kappa shape index (κ3) is 5.20. The van der Waals surface area contributed by atoms with Crippen molar-refractivity contribution >= 4 is 23.3 Å². The first-order valence-corrected chi connectivity index (χ1v) is 12.7. The van der Waals surface area contributed by atoms with Gasteiger partial charge in [0.15, 0.2) is 0 Å². The van der Waals surface area contributed by atoms with Crippen molar-refractivity contribution < 1.29 is 10.0 Å². The average Bonchev–Trinajstić information content (AvgIpc) is 2.88. The molecule has 7 heteroatoms. The summed E-state index contributed by atoms with van der Waals surface area (Å²) in [5.41, 5.74) is 2.50. The molecule has 1 N–H and O–H groups in total. The molecule has 1 aliphatic rings. The lowest BCUT2D eigenvalue weighted by atomic mass is 9.72. The highest BCUT2D eigenvalue weighted by atomic mass is 32.2. The van der Waals surface area contributed by atoms with E-state index in [9.17, 15) is 15.2 Å². The van der Waals surface area contributed by atoms with Crippen molar-refractivity contribution in [3.63, 3.8) is 0 Å². The zero-order valence-electron chi connectivity index (χ0n) is 20.5. The fraction of sp³-hybridized carbons (Fsp3) is 0.538. The lowest BCUT2D eigenvalue weighted by Gasteiger charge is -2.45. The van der Waals surface area contributed by atoms with E-state index >= 15 is 0 Å². The molecule has 6 nitrogen and oxygen atoms in total. The summed E-state index contributed by atoms with van der Waals surface area (Å²) >= 11 is 1.69. The van der Waals surface area contributed by atoms with Gasteiger partial charge in [0.2, 0.25) is 0 Å². The van der Waals surface area contributed by atoms with E-state index in [1.54, 1.807) is 24.1 Å². The number of fused-ring (bicyclic) bond motifs is 1. The van der Waals surface area contributed by atoms with E-state index in [-0.39, 0.29) is 16.5 Å². The van der Waals surface area contributed by atoms with Gasteiger partial charge in [-0.3, -0.25) is 10.1 Å². The zero-order chi connectivity index (χ0) is 24.2. The molecule has 2 aromatic carbocycles. The molecule has 33 heavy (non-hydrogen) atoms. The van der Waals surface area contributed by atoms with E-state index in [1.165, 1.54) is 6.07 Å². The Morgan fingerprint density at radius 3 is 2.36 bits per heavy atom. The second-order valence-corrected chi connectivity index (χ2v) is 10.5. The second-order valence-electron chi connectivity index (χ2n) is 9.29. The molecule has 0 radical (unpaired) electrons. The van der Waals surface area contributed by atoms with Crippen LogP contribution in [-0.2, 0) is 0 Å². The van der Waals surface area contributed by atoms with Gasteiger partial charge in [-0.15, -0.1) is 0 Å². The Labute approximate surface area is 202 Å². The Bertz CT molecular complexity index is 958. The predicted molar refractivity (Wildman–Crippen MR) is 137 cm³/mol. The van der Waals surface area contributed by atoms with Gasteiger partial charge >= 0.3 is 0 Å². The molecule has 0 aromatic heterocycles. The molecule has 0 amide bonds. The van der Waals surface area contributed by atoms with Crippen molar-refractivity contribution in [1.29, 1.82) is 0 Å². The van der Waals surface area contributed by atoms with Gasteiger partial charge in [-0.05, 0) is 61.2 Å². The number of nitro groups is 1. The summed E-state index contributed by atoms with van der Waals surface area (Å²) < 4.78 is 2.27. The summed E-state index contributed by atoms with van der Waals surface area (Å²) in [6.07, 6.45) is 5.21. The average molecular weight is 472 g/mol. The highest BCUT2D eigenvalue weighted by molar-refractivity contribution is 7.97. The molecule has 0 fully saturated rings. The minimum atomic E-state index is -0.700. The number of aliphatic hydroxyl groups is 1. The van der Waals surface area contributed by atoms with E-state index in [1.807, 2.05) is 20.2 Å². The Hall–Kier alpha value is -2.09. The normalized spacial score (nSPS) is 20.2. The molecule has 0 saturated heterocycles. The van der Waals surface area contributed by atoms with Crippen LogP contribution in [0.1, 0.15) is 69.4 Å². The van der Waals surface area contributed by atoms with Crippen LogP contribution in [0.2, 0.25) is 0 Å². The standard InChI is InChI=1S/C26H37N3O3S/c1-6-8-15-26(16-9-7-2)25(30)24(19-11-10-12-21(17-19)29(31)32)22-18-20(27(3)4)13-14-23(22)33-28(26)5/h10-14,17-18,24-25,30H,6-9,15-16H2,1-5H3. The molecule has 2 unspecified atom stereocenters. The number of nitro benzene ring substituents is 1. The number of hydrogen-bond donors (Lipinski definition) is 1. The Morgan fingerprint density at radius 1 is 1.12 bits per heavy atom. The number of hydrogen-bond acceptors (Lipinski definition) is 6. The van der Waals surface area contributed by atoms with Crippen LogP contribution in [-0.4, -0.2) is 47.1 Å². The number of unbranched alkanes of at least 4 members (excludes halogenated alkanes) is 2. The number of anilines is 1. The second kappa shape index (κ2) is 10.9. The van der Waals surface area contributed by atoms with Crippen LogP contribution in [0.4, 0.5) is 11.4 Å². The minimum absolute atomic E-state index is 0.0583. The molecule has 0 bridgehead atoms. The summed E-state index contributed by atoms with van der Waals surface area (Å²) in [6.45, 7) is 4.36. The lowest BCUT2D eigenvalue weighted by molar-refractivity contribution is -0.384. The smallest absolute Gasteiger partial charge is 0.269 e. The van der Waals surface area contributed by atoms with Crippen LogP contribution in [0.5, 0.6) is 0 Å². The van der Waals surface area contributed by atoms with E-state index in [2.05, 4.69) is 48.3 Å². The van der Waals surface area contributed by atoms with Crippen molar-refractivity contribution in [2.45, 2.75) is 74.8 Å². The Balaban J connectivity index is 2.25. The van der Waals surface area contributed by atoms with E-state index < -0.39 is 11.6 Å². The van der Waals surface area contributed by atoms with E-state index in [0.29, 0.717) is 0 Å². The fourth-order valence-corrected chi connectivity index (χ4v) is 6.13. The van der Waals surface area contributed by atoms with Crippen LogP contribution >= 0.6 is 11.9 Å². The van der Waals surface area contributed by atoms with Crippen molar-refractivity contribution in [3.8, 4) is 0 Å². The monoisotopic (exact) mass is 471 g/mol. The molecule has 180 valence electrons. The maximum Gasteiger partial charge on any atom is 0.269 e. The summed E-state index contributed by atoms with van der Waals surface area (Å²) in [6, 6.07) is 13.2. The summed E-state index contributed by atoms with van der Waals surface area (Å²) in [4.78, 5) is 14.4. The van der Waals surface area contributed by atoms with Gasteiger partial charge in [-0.25, -0.2) is 4.31 Å². The van der Waals surface area contributed by atoms with Crippen LogP contribution in [0.3, 0.4) is 0 Å². The number of aliphatic hydroxyl groups excluding tert-OH is 1. The van der Waals surface area contributed by atoms with Crippen LogP contribution in [0.25, 0.3) is 0 Å². The maximum atomic E-state index is 12.2. The molecular weight excluding hydrogens is 434 g/mol. The van der Waals surface area contributed by atoms with Crippen LogP contribution in [0.15, 0.2) is 47.4 Å². The molecule has 1 heterocycles. The highest BCUT2D eigenvalue weighted by Gasteiger charge is 2.48. The summed E-state index contributed by atoms with van der Waals surface area (Å²) in [5, 5.41) is 23.8. The largest absolute Gasteiger partial charge is 0.390 e. The number of rotatable bonds is 9. The third-order valence-electron chi connectivity index (χ3n) is 6.94. The molecular formula is C26H37N3O3S. The SMILES string of the molecule is CCCCC1(CCCC)C(O)C(c2cccc([N+](=O)[O-])c2)c2cc(N(C)C)ccc2SN1C. The first-order valence-electron chi connectivity index (χ1n) is 11.9. The van der Waals surface area contributed by atoms with Gasteiger partial charge in [0.25, 0.3) is 5.69 Å². The van der Waals surface area contributed by atoms with Gasteiger partial charge in [0.05, 0.1) is 16.6 Å². The molecule has 2 atom stereocenters. The Kier molecular flexibility index (Phi) is 8.43. The summed E-state index contributed by atoms with van der Waals surface area (Å²) in [5.74, 6) is -0.356. The molecule has 3 rings (SSSR count). The van der Waals surface area contributed by atoms with Crippen molar-refractivity contribution in [3.05, 3.63) is 63.7 Å². The highest BCUT2D eigenvalue weighted by Crippen LogP contribution is 2.50. The number of likely N-dealkylation sites (N-methyl/N-ethyl adjacent to an activating group) is 1. The van der Waals surface area contributed by atoms with Gasteiger partial charge in [0.1, 0.15) is 0 Å². The predicted octanol–water partition coefficient (Wildman–Crippen LogP) is 6.23. The number of non-ortho nitro benzene ring substituents is 1. The van der Waals surface area contributed by atoms with Gasteiger partial charge < -0.3 is 10.0 Å². The van der Waals surface area contributed by atoms with E-state index in [0.717, 1.165) is 60.2 Å². The van der Waals surface area contributed by atoms with E-state index in [4.69, 9.17) is 0 Å². The van der Waals surface area contributed by atoms with Crippen molar-refractivity contribution in [1.82, 2.24) is 4.31 Å². The van der Waals surface area contributed by atoms with Gasteiger partial charge in [0, 0.05) is 42.7 Å². The third-order valence-corrected chi connectivity index (χ3v) is 8.15. The first-order chi connectivity index (χ1) is 15.7. The molecule has 0 aliphatic carbocycles. The van der Waals surface area contributed by atoms with Crippen LogP contribution in [0, 0.1) is 10.1 Å². The molecule has 1 aliphatic heterocycles. The fourth-order valence-electron chi connectivity index (χ4n) is 4.94. The van der Waals surface area contributed by atoms with Crippen LogP contribution < -0.4 is 4.90 Å².